The number of aryl methyl sites for hydroxylation is 1. The molecule has 0 aliphatic carbocycles. The number of aliphatic hydroxyl groups excluding tert-OH is 1. The van der Waals surface area contributed by atoms with Gasteiger partial charge in [-0.1, -0.05) is 36.4 Å². The summed E-state index contributed by atoms with van der Waals surface area (Å²) >= 11 is 0. The number of fused-ring (bicyclic) bond motifs is 1. The predicted molar refractivity (Wildman–Crippen MR) is 114 cm³/mol. The van der Waals surface area contributed by atoms with Crippen LogP contribution < -0.4 is 9.47 Å². The molecule has 3 aromatic rings. The van der Waals surface area contributed by atoms with Crippen molar-refractivity contribution in [3.8, 4) is 22.6 Å². The SMILES string of the molecule is COc1ccc(F)c(-c2ccc(C3CCc4ccc([C@H](O)CC(=O)O)cc4O3)cc2)c1F. The molecule has 2 atom stereocenters. The van der Waals surface area contributed by atoms with Crippen LogP contribution in [-0.4, -0.2) is 23.3 Å². The molecule has 0 radical (unpaired) electrons. The minimum absolute atomic E-state index is 0.0291. The molecule has 0 bridgehead atoms. The number of benzene rings is 3. The number of carbonyl (C=O) groups is 1. The number of hydrogen-bond donors (Lipinski definition) is 2. The molecule has 0 amide bonds. The average Bonchev–Trinajstić information content (AvgIpc) is 2.78. The highest BCUT2D eigenvalue weighted by Gasteiger charge is 2.24. The molecule has 4 rings (SSSR count). The van der Waals surface area contributed by atoms with E-state index in [0.717, 1.165) is 17.5 Å². The molecule has 32 heavy (non-hydrogen) atoms. The summed E-state index contributed by atoms with van der Waals surface area (Å²) in [7, 11) is 1.33. The molecule has 0 saturated carbocycles. The van der Waals surface area contributed by atoms with E-state index >= 15 is 0 Å². The van der Waals surface area contributed by atoms with E-state index in [2.05, 4.69) is 0 Å². The molecule has 5 nitrogen and oxygen atoms in total. The smallest absolute Gasteiger partial charge is 0.306 e. The summed E-state index contributed by atoms with van der Waals surface area (Å²) in [5, 5.41) is 19.0. The van der Waals surface area contributed by atoms with Gasteiger partial charge in [-0.2, -0.15) is 0 Å². The molecule has 166 valence electrons. The van der Waals surface area contributed by atoms with Crippen LogP contribution in [0.4, 0.5) is 8.78 Å². The Balaban J connectivity index is 1.56. The average molecular weight is 440 g/mol. The van der Waals surface area contributed by atoms with E-state index in [1.165, 1.54) is 19.2 Å². The van der Waals surface area contributed by atoms with Crippen molar-refractivity contribution in [2.24, 2.45) is 0 Å². The Kier molecular flexibility index (Phi) is 6.10. The summed E-state index contributed by atoms with van der Waals surface area (Å²) in [6.07, 6.45) is -0.320. The van der Waals surface area contributed by atoms with Gasteiger partial charge in [-0.25, -0.2) is 8.78 Å². The lowest BCUT2D eigenvalue weighted by molar-refractivity contribution is -0.139. The van der Waals surface area contributed by atoms with E-state index in [0.29, 0.717) is 23.3 Å². The van der Waals surface area contributed by atoms with Crippen molar-refractivity contribution in [1.82, 2.24) is 0 Å². The Labute approximate surface area is 183 Å². The fourth-order valence-electron chi connectivity index (χ4n) is 3.93. The Morgan fingerprint density at radius 3 is 2.59 bits per heavy atom. The quantitative estimate of drug-likeness (QED) is 0.550. The number of ether oxygens (including phenoxy) is 2. The Bertz CT molecular complexity index is 1140. The van der Waals surface area contributed by atoms with Gasteiger partial charge in [0.05, 0.1) is 25.2 Å². The maximum Gasteiger partial charge on any atom is 0.306 e. The van der Waals surface area contributed by atoms with Crippen molar-refractivity contribution in [2.75, 3.05) is 7.11 Å². The molecule has 0 fully saturated rings. The molecule has 7 heteroatoms. The standard InChI is InChI=1S/C25H22F2O5/c1-31-21-11-9-18(26)24(25(21)27)16-5-2-14(3-6-16)20-10-8-15-4-7-17(12-22(15)32-20)19(28)13-23(29)30/h2-7,9,11-12,19-20,28H,8,10,13H2,1H3,(H,29,30)/t19-,20?/m1/s1. The first-order chi connectivity index (χ1) is 15.4. The summed E-state index contributed by atoms with van der Waals surface area (Å²) in [4.78, 5) is 10.9. The summed E-state index contributed by atoms with van der Waals surface area (Å²) in [6, 6.07) is 14.5. The van der Waals surface area contributed by atoms with Crippen LogP contribution in [-0.2, 0) is 11.2 Å². The zero-order valence-corrected chi connectivity index (χ0v) is 17.3. The minimum atomic E-state index is -1.12. The number of aliphatic hydroxyl groups is 1. The second-order valence-electron chi connectivity index (χ2n) is 7.69. The van der Waals surface area contributed by atoms with Crippen LogP contribution >= 0.6 is 0 Å². The van der Waals surface area contributed by atoms with Crippen molar-refractivity contribution in [3.05, 3.63) is 82.9 Å². The highest BCUT2D eigenvalue weighted by molar-refractivity contribution is 5.68. The third kappa shape index (κ3) is 4.29. The number of hydrogen-bond acceptors (Lipinski definition) is 4. The van der Waals surface area contributed by atoms with Crippen LogP contribution in [0.1, 0.15) is 41.7 Å². The summed E-state index contributed by atoms with van der Waals surface area (Å²) in [5.74, 6) is -1.95. The molecule has 1 heterocycles. The fourth-order valence-corrected chi connectivity index (χ4v) is 3.93. The highest BCUT2D eigenvalue weighted by atomic mass is 19.1. The fraction of sp³-hybridized carbons (Fsp3) is 0.240. The first-order valence-corrected chi connectivity index (χ1v) is 10.2. The summed E-state index contributed by atoms with van der Waals surface area (Å²) in [6.45, 7) is 0. The molecule has 0 spiro atoms. The molecule has 1 unspecified atom stereocenters. The van der Waals surface area contributed by atoms with Gasteiger partial charge in [0.25, 0.3) is 0 Å². The van der Waals surface area contributed by atoms with Crippen LogP contribution in [0.25, 0.3) is 11.1 Å². The van der Waals surface area contributed by atoms with Crippen LogP contribution in [0.5, 0.6) is 11.5 Å². The number of methoxy groups -OCH3 is 1. The van der Waals surface area contributed by atoms with Crippen molar-refractivity contribution >= 4 is 5.97 Å². The predicted octanol–water partition coefficient (Wildman–Crippen LogP) is 5.21. The topological polar surface area (TPSA) is 76.0 Å². The molecule has 1 aliphatic heterocycles. The van der Waals surface area contributed by atoms with Crippen molar-refractivity contribution in [3.63, 3.8) is 0 Å². The molecule has 3 aromatic carbocycles. The van der Waals surface area contributed by atoms with Gasteiger partial charge in [0.2, 0.25) is 0 Å². The van der Waals surface area contributed by atoms with Gasteiger partial charge in [-0.05, 0) is 53.3 Å². The van der Waals surface area contributed by atoms with Crippen molar-refractivity contribution < 1.29 is 33.3 Å². The lowest BCUT2D eigenvalue weighted by atomic mass is 9.94. The Morgan fingerprint density at radius 1 is 1.16 bits per heavy atom. The van der Waals surface area contributed by atoms with Gasteiger partial charge >= 0.3 is 5.97 Å². The molecule has 2 N–H and O–H groups in total. The van der Waals surface area contributed by atoms with Gasteiger partial charge in [-0.3, -0.25) is 4.79 Å². The van der Waals surface area contributed by atoms with E-state index in [1.807, 2.05) is 6.07 Å². The van der Waals surface area contributed by atoms with Crippen LogP contribution in [0.15, 0.2) is 54.6 Å². The van der Waals surface area contributed by atoms with Crippen molar-refractivity contribution in [1.29, 1.82) is 0 Å². The zero-order chi connectivity index (χ0) is 22.8. The van der Waals surface area contributed by atoms with Gasteiger partial charge in [0.15, 0.2) is 11.6 Å². The van der Waals surface area contributed by atoms with E-state index in [1.54, 1.807) is 36.4 Å². The maximum atomic E-state index is 14.6. The van der Waals surface area contributed by atoms with Crippen molar-refractivity contribution in [2.45, 2.75) is 31.5 Å². The molecule has 0 saturated heterocycles. The van der Waals surface area contributed by atoms with Gasteiger partial charge < -0.3 is 19.7 Å². The number of aliphatic carboxylic acids is 1. The third-order valence-electron chi connectivity index (χ3n) is 5.64. The third-order valence-corrected chi connectivity index (χ3v) is 5.64. The number of rotatable bonds is 6. The van der Waals surface area contributed by atoms with Crippen LogP contribution in [0.3, 0.4) is 0 Å². The van der Waals surface area contributed by atoms with Gasteiger partial charge in [0.1, 0.15) is 17.7 Å². The summed E-state index contributed by atoms with van der Waals surface area (Å²) < 4.78 is 39.9. The van der Waals surface area contributed by atoms with Gasteiger partial charge in [-0.15, -0.1) is 0 Å². The second kappa shape index (κ2) is 8.96. The molecule has 0 aromatic heterocycles. The lowest BCUT2D eigenvalue weighted by Crippen LogP contribution is -2.16. The Hall–Kier alpha value is -3.45. The van der Waals surface area contributed by atoms with Gasteiger partial charge in [0, 0.05) is 0 Å². The minimum Gasteiger partial charge on any atom is -0.494 e. The molecular weight excluding hydrogens is 418 g/mol. The van der Waals surface area contributed by atoms with E-state index in [9.17, 15) is 18.7 Å². The highest BCUT2D eigenvalue weighted by Crippen LogP contribution is 2.38. The summed E-state index contributed by atoms with van der Waals surface area (Å²) in [5.41, 5.74) is 2.54. The number of carboxylic acids is 1. The molecular formula is C25H22F2O5. The zero-order valence-electron chi connectivity index (χ0n) is 17.3. The number of carboxylic acid groups (broad SMARTS) is 1. The maximum absolute atomic E-state index is 14.6. The van der Waals surface area contributed by atoms with Crippen LogP contribution in [0.2, 0.25) is 0 Å². The van der Waals surface area contributed by atoms with E-state index in [-0.39, 0.29) is 23.8 Å². The second-order valence-corrected chi connectivity index (χ2v) is 7.69. The normalized spacial score (nSPS) is 16.1. The number of halogens is 2. The largest absolute Gasteiger partial charge is 0.494 e. The Morgan fingerprint density at radius 2 is 1.91 bits per heavy atom. The first kappa shape index (κ1) is 21.8. The van der Waals surface area contributed by atoms with E-state index < -0.39 is 23.7 Å². The monoisotopic (exact) mass is 440 g/mol. The van der Waals surface area contributed by atoms with Crippen LogP contribution in [0, 0.1) is 11.6 Å². The molecule has 1 aliphatic rings. The lowest BCUT2D eigenvalue weighted by Gasteiger charge is -2.27. The van der Waals surface area contributed by atoms with E-state index in [4.69, 9.17) is 14.6 Å². The first-order valence-electron chi connectivity index (χ1n) is 10.2.